The van der Waals surface area contributed by atoms with Gasteiger partial charge in [-0.05, 0) is 47.8 Å². The zero-order valence-electron chi connectivity index (χ0n) is 10.2. The summed E-state index contributed by atoms with van der Waals surface area (Å²) in [6.07, 6.45) is 5.35. The van der Waals surface area contributed by atoms with Gasteiger partial charge in [-0.2, -0.15) is 0 Å². The molecule has 96 valence electrons. The third kappa shape index (κ3) is 3.57. The molecule has 1 heterocycles. The molecule has 0 aliphatic heterocycles. The van der Waals surface area contributed by atoms with Crippen LogP contribution in [0.5, 0.6) is 0 Å². The first kappa shape index (κ1) is 13.1. The van der Waals surface area contributed by atoms with Crippen LogP contribution in [-0.2, 0) is 0 Å². The van der Waals surface area contributed by atoms with Crippen molar-refractivity contribution < 1.29 is 9.52 Å². The molecule has 0 spiro atoms. The lowest BCUT2D eigenvalue weighted by Gasteiger charge is -2.33. The van der Waals surface area contributed by atoms with E-state index in [1.54, 1.807) is 0 Å². The molecule has 17 heavy (non-hydrogen) atoms. The predicted octanol–water partition coefficient (Wildman–Crippen LogP) is 3.39. The van der Waals surface area contributed by atoms with E-state index in [1.165, 1.54) is 6.42 Å². The first-order chi connectivity index (χ1) is 8.09. The maximum Gasteiger partial charge on any atom is 0.169 e. The number of rotatable bonds is 4. The maximum absolute atomic E-state index is 10.4. The summed E-state index contributed by atoms with van der Waals surface area (Å²) < 4.78 is 6.24. The molecule has 0 bridgehead atoms. The summed E-state index contributed by atoms with van der Waals surface area (Å²) in [5, 5.41) is 13.7. The Morgan fingerprint density at radius 1 is 1.41 bits per heavy atom. The molecule has 0 saturated heterocycles. The molecule has 2 N–H and O–H groups in total. The molecule has 0 radical (unpaired) electrons. The Kier molecular flexibility index (Phi) is 4.28. The van der Waals surface area contributed by atoms with Crippen LogP contribution in [0.15, 0.2) is 21.2 Å². The molecular formula is C13H20BrNO2. The Hall–Kier alpha value is -0.320. The van der Waals surface area contributed by atoms with Crippen LogP contribution in [0.25, 0.3) is 0 Å². The highest BCUT2D eigenvalue weighted by Crippen LogP contribution is 2.28. The number of halogens is 1. The lowest BCUT2D eigenvalue weighted by molar-refractivity contribution is 0.00253. The lowest BCUT2D eigenvalue weighted by atomic mass is 9.85. The van der Waals surface area contributed by atoms with Gasteiger partial charge in [0.25, 0.3) is 0 Å². The minimum absolute atomic E-state index is 0.132. The summed E-state index contributed by atoms with van der Waals surface area (Å²) in [7, 11) is 0. The second-order valence-corrected chi connectivity index (χ2v) is 5.81. The van der Waals surface area contributed by atoms with Gasteiger partial charge < -0.3 is 14.8 Å². The highest BCUT2D eigenvalue weighted by Gasteiger charge is 2.29. The number of hydrogen-bond donors (Lipinski definition) is 2. The second kappa shape index (κ2) is 5.55. The quantitative estimate of drug-likeness (QED) is 0.896. The Balaban J connectivity index is 1.85. The molecule has 1 aliphatic rings. The van der Waals surface area contributed by atoms with E-state index in [1.807, 2.05) is 12.1 Å². The van der Waals surface area contributed by atoms with Crippen molar-refractivity contribution in [2.24, 2.45) is 0 Å². The van der Waals surface area contributed by atoms with E-state index in [0.29, 0.717) is 6.54 Å². The van der Waals surface area contributed by atoms with Crippen LogP contribution in [0, 0.1) is 0 Å². The SMILES string of the molecule is CC(NCC1(O)CCCCC1)c1ccc(Br)o1. The van der Waals surface area contributed by atoms with Gasteiger partial charge in [-0.15, -0.1) is 0 Å². The van der Waals surface area contributed by atoms with Crippen molar-refractivity contribution in [1.82, 2.24) is 5.32 Å². The van der Waals surface area contributed by atoms with Gasteiger partial charge in [-0.25, -0.2) is 0 Å². The first-order valence-corrected chi connectivity index (χ1v) is 7.09. The summed E-state index contributed by atoms with van der Waals surface area (Å²) in [6, 6.07) is 3.97. The Morgan fingerprint density at radius 3 is 2.71 bits per heavy atom. The summed E-state index contributed by atoms with van der Waals surface area (Å²) in [5.74, 6) is 0.899. The summed E-state index contributed by atoms with van der Waals surface area (Å²) in [6.45, 7) is 2.70. The maximum atomic E-state index is 10.4. The molecule has 1 unspecified atom stereocenters. The van der Waals surface area contributed by atoms with Crippen LogP contribution in [-0.4, -0.2) is 17.3 Å². The molecule has 4 heteroatoms. The summed E-state index contributed by atoms with van der Waals surface area (Å²) >= 11 is 3.29. The average Bonchev–Trinajstić information content (AvgIpc) is 2.74. The molecule has 1 aromatic heterocycles. The molecule has 2 rings (SSSR count). The van der Waals surface area contributed by atoms with E-state index >= 15 is 0 Å². The van der Waals surface area contributed by atoms with Gasteiger partial charge in [-0.3, -0.25) is 0 Å². The molecule has 0 aromatic carbocycles. The van der Waals surface area contributed by atoms with Gasteiger partial charge in [0.05, 0.1) is 11.6 Å². The topological polar surface area (TPSA) is 45.4 Å². The van der Waals surface area contributed by atoms with Gasteiger partial charge in [0.1, 0.15) is 5.76 Å². The lowest BCUT2D eigenvalue weighted by Crippen LogP contribution is -2.42. The monoisotopic (exact) mass is 301 g/mol. The van der Waals surface area contributed by atoms with Crippen LogP contribution in [0.3, 0.4) is 0 Å². The molecule has 0 amide bonds. The van der Waals surface area contributed by atoms with Gasteiger partial charge in [0.2, 0.25) is 0 Å². The van der Waals surface area contributed by atoms with Gasteiger partial charge in [0.15, 0.2) is 4.67 Å². The zero-order valence-corrected chi connectivity index (χ0v) is 11.8. The van der Waals surface area contributed by atoms with Crippen molar-refractivity contribution in [3.05, 3.63) is 22.6 Å². The fourth-order valence-corrected chi connectivity index (χ4v) is 2.71. The molecule has 3 nitrogen and oxygen atoms in total. The van der Waals surface area contributed by atoms with E-state index in [9.17, 15) is 5.11 Å². The van der Waals surface area contributed by atoms with Gasteiger partial charge in [-0.1, -0.05) is 19.3 Å². The van der Waals surface area contributed by atoms with Gasteiger partial charge >= 0.3 is 0 Å². The summed E-state index contributed by atoms with van der Waals surface area (Å²) in [4.78, 5) is 0. The first-order valence-electron chi connectivity index (χ1n) is 6.30. The number of nitrogens with one attached hydrogen (secondary N) is 1. The standard InChI is InChI=1S/C13H20BrNO2/c1-10(11-5-6-12(14)17-11)15-9-13(16)7-3-2-4-8-13/h5-6,10,15-16H,2-4,7-9H2,1H3. The van der Waals surface area contributed by atoms with E-state index in [-0.39, 0.29) is 6.04 Å². The smallest absolute Gasteiger partial charge is 0.169 e. The van der Waals surface area contributed by atoms with Crippen molar-refractivity contribution in [2.45, 2.75) is 50.7 Å². The van der Waals surface area contributed by atoms with E-state index in [0.717, 1.165) is 36.1 Å². The van der Waals surface area contributed by atoms with Crippen molar-refractivity contribution in [1.29, 1.82) is 0 Å². The van der Waals surface area contributed by atoms with E-state index in [2.05, 4.69) is 28.2 Å². The van der Waals surface area contributed by atoms with E-state index < -0.39 is 5.60 Å². The number of aliphatic hydroxyl groups is 1. The Bertz CT molecular complexity index is 358. The normalized spacial score (nSPS) is 21.4. The van der Waals surface area contributed by atoms with Crippen molar-refractivity contribution >= 4 is 15.9 Å². The average molecular weight is 302 g/mol. The Labute approximate surface area is 111 Å². The highest BCUT2D eigenvalue weighted by atomic mass is 79.9. The highest BCUT2D eigenvalue weighted by molar-refractivity contribution is 9.10. The van der Waals surface area contributed by atoms with Crippen molar-refractivity contribution in [3.8, 4) is 0 Å². The summed E-state index contributed by atoms with van der Waals surface area (Å²) in [5.41, 5.74) is -0.518. The Morgan fingerprint density at radius 2 is 2.12 bits per heavy atom. The minimum Gasteiger partial charge on any atom is -0.453 e. The number of furan rings is 1. The van der Waals surface area contributed by atoms with Crippen LogP contribution in [0.4, 0.5) is 0 Å². The van der Waals surface area contributed by atoms with Crippen LogP contribution in [0.2, 0.25) is 0 Å². The number of hydrogen-bond acceptors (Lipinski definition) is 3. The fraction of sp³-hybridized carbons (Fsp3) is 0.692. The van der Waals surface area contributed by atoms with Crippen LogP contribution >= 0.6 is 15.9 Å². The third-order valence-electron chi connectivity index (χ3n) is 3.54. The molecule has 1 atom stereocenters. The van der Waals surface area contributed by atoms with Crippen molar-refractivity contribution in [2.75, 3.05) is 6.54 Å². The predicted molar refractivity (Wildman–Crippen MR) is 70.9 cm³/mol. The molecule has 1 aliphatic carbocycles. The largest absolute Gasteiger partial charge is 0.453 e. The van der Waals surface area contributed by atoms with Crippen molar-refractivity contribution in [3.63, 3.8) is 0 Å². The van der Waals surface area contributed by atoms with E-state index in [4.69, 9.17) is 4.42 Å². The van der Waals surface area contributed by atoms with Crippen LogP contribution < -0.4 is 5.32 Å². The zero-order chi connectivity index (χ0) is 12.3. The molecule has 1 fully saturated rings. The molecule has 1 saturated carbocycles. The molecular weight excluding hydrogens is 282 g/mol. The second-order valence-electron chi connectivity index (χ2n) is 5.03. The fourth-order valence-electron chi connectivity index (χ4n) is 2.39. The third-order valence-corrected chi connectivity index (χ3v) is 3.97. The molecule has 1 aromatic rings. The minimum atomic E-state index is -0.518. The van der Waals surface area contributed by atoms with Crippen LogP contribution in [0.1, 0.15) is 50.8 Å². The van der Waals surface area contributed by atoms with Gasteiger partial charge in [0, 0.05) is 6.54 Å².